The van der Waals surface area contributed by atoms with Crippen LogP contribution in [0.5, 0.6) is 0 Å². The number of aromatic nitrogens is 1. The number of benzene rings is 3. The van der Waals surface area contributed by atoms with E-state index in [2.05, 4.69) is 21.5 Å². The summed E-state index contributed by atoms with van der Waals surface area (Å²) in [5.74, 6) is -2.04. The summed E-state index contributed by atoms with van der Waals surface area (Å²) >= 11 is 0. The molecule has 3 aromatic carbocycles. The maximum atomic E-state index is 14.7. The van der Waals surface area contributed by atoms with Crippen molar-refractivity contribution in [1.82, 2.24) is 25.6 Å². The second-order valence-electron chi connectivity index (χ2n) is 12.0. The van der Waals surface area contributed by atoms with Crippen LogP contribution in [0.3, 0.4) is 0 Å². The molecule has 14 heteroatoms. The number of amides is 3. The number of alkyl halides is 4. The van der Waals surface area contributed by atoms with E-state index in [-0.39, 0.29) is 30.3 Å². The summed E-state index contributed by atoms with van der Waals surface area (Å²) in [6.07, 6.45) is -6.24. The molecule has 1 aliphatic carbocycles. The number of hydrogen-bond acceptors (Lipinski definition) is 6. The highest BCUT2D eigenvalue weighted by molar-refractivity contribution is 6.03. The van der Waals surface area contributed by atoms with Crippen LogP contribution in [0, 0.1) is 0 Å². The van der Waals surface area contributed by atoms with E-state index in [9.17, 15) is 31.9 Å². The van der Waals surface area contributed by atoms with Gasteiger partial charge in [-0.05, 0) is 53.9 Å². The molecule has 0 spiro atoms. The summed E-state index contributed by atoms with van der Waals surface area (Å²) in [4.78, 5) is 39.8. The predicted molar refractivity (Wildman–Crippen MR) is 171 cm³/mol. The third-order valence-electron chi connectivity index (χ3n) is 8.65. The minimum absolute atomic E-state index is 0.0304. The van der Waals surface area contributed by atoms with Crippen molar-refractivity contribution in [3.8, 4) is 11.1 Å². The molecule has 0 saturated carbocycles. The van der Waals surface area contributed by atoms with E-state index in [1.54, 1.807) is 6.07 Å². The molecule has 0 bridgehead atoms. The first kappa shape index (κ1) is 32.8. The summed E-state index contributed by atoms with van der Waals surface area (Å²) in [5, 5.41) is 5.71. The van der Waals surface area contributed by atoms with Crippen LogP contribution in [0.15, 0.2) is 72.8 Å². The van der Waals surface area contributed by atoms with Crippen molar-refractivity contribution >= 4 is 34.5 Å². The summed E-state index contributed by atoms with van der Waals surface area (Å²) < 4.78 is 61.7. The first-order valence-corrected chi connectivity index (χ1v) is 15.4. The first-order chi connectivity index (χ1) is 23.0. The van der Waals surface area contributed by atoms with Crippen molar-refractivity contribution in [1.29, 1.82) is 0 Å². The second kappa shape index (κ2) is 13.6. The van der Waals surface area contributed by atoms with Gasteiger partial charge in [-0.25, -0.2) is 9.18 Å². The monoisotopic (exact) mass is 666 g/mol. The van der Waals surface area contributed by atoms with E-state index >= 15 is 0 Å². The molecular weight excluding hydrogens is 632 g/mol. The van der Waals surface area contributed by atoms with Crippen molar-refractivity contribution in [2.24, 2.45) is 0 Å². The SMILES string of the molecule is CN1CC[C@H](Nc2cccc3c2cc(C(=O)NNC(=O)CNC(=O)OCC2c4ccccc4-c4ccccc42)n3CC(F)(F)F)[C@@H](F)C1. The fraction of sp³-hybridized carbons (Fsp3) is 0.324. The molecule has 252 valence electrons. The minimum atomic E-state index is -4.67. The lowest BCUT2D eigenvalue weighted by Gasteiger charge is -2.33. The van der Waals surface area contributed by atoms with Crippen molar-refractivity contribution in [3.05, 3.63) is 89.6 Å². The highest BCUT2D eigenvalue weighted by atomic mass is 19.4. The molecule has 4 N–H and O–H groups in total. The number of carbonyl (C=O) groups is 3. The molecule has 6 rings (SSSR count). The molecule has 2 heterocycles. The zero-order valence-electron chi connectivity index (χ0n) is 25.9. The number of ether oxygens (including phenoxy) is 1. The van der Waals surface area contributed by atoms with Gasteiger partial charge in [0.25, 0.3) is 11.8 Å². The Hall–Kier alpha value is -5.11. The Labute approximate surface area is 273 Å². The van der Waals surface area contributed by atoms with Gasteiger partial charge in [-0.2, -0.15) is 13.2 Å². The van der Waals surface area contributed by atoms with Crippen LogP contribution in [0.2, 0.25) is 0 Å². The number of halogens is 4. The quantitative estimate of drug-likeness (QED) is 0.156. The van der Waals surface area contributed by atoms with Crippen LogP contribution in [0.25, 0.3) is 22.0 Å². The van der Waals surface area contributed by atoms with Gasteiger partial charge >= 0.3 is 12.3 Å². The molecule has 2 atom stereocenters. The number of rotatable bonds is 8. The zero-order valence-corrected chi connectivity index (χ0v) is 25.9. The molecule has 10 nitrogen and oxygen atoms in total. The number of nitrogens with zero attached hydrogens (tertiary/aromatic N) is 2. The van der Waals surface area contributed by atoms with Gasteiger partial charge in [-0.3, -0.25) is 20.4 Å². The van der Waals surface area contributed by atoms with E-state index in [4.69, 9.17) is 4.74 Å². The maximum absolute atomic E-state index is 14.7. The Kier molecular flexibility index (Phi) is 9.27. The third-order valence-corrected chi connectivity index (χ3v) is 8.65. The van der Waals surface area contributed by atoms with E-state index in [1.165, 1.54) is 18.2 Å². The molecule has 2 aliphatic rings. The van der Waals surface area contributed by atoms with Crippen LogP contribution in [-0.2, 0) is 16.1 Å². The normalized spacial score (nSPS) is 17.8. The number of fused-ring (bicyclic) bond motifs is 4. The Morgan fingerprint density at radius 2 is 1.62 bits per heavy atom. The average Bonchev–Trinajstić information content (AvgIpc) is 3.58. The van der Waals surface area contributed by atoms with Crippen molar-refractivity contribution in [3.63, 3.8) is 0 Å². The number of carbonyl (C=O) groups excluding carboxylic acids is 3. The van der Waals surface area contributed by atoms with Crippen molar-refractivity contribution < 1.29 is 36.7 Å². The molecule has 1 aliphatic heterocycles. The lowest BCUT2D eigenvalue weighted by atomic mass is 9.98. The number of likely N-dealkylation sites (tertiary alicyclic amines) is 1. The standard InChI is InChI=1S/C34H34F4N6O4/c1-43-14-13-28(26(35)17-43)40-27-11-6-12-29-24(27)15-30(44(29)19-34(36,37)38)32(46)42-41-31(45)16-39-33(47)48-18-25-22-9-4-2-7-20(22)21-8-3-5-10-23(21)25/h2-12,15,25-26,28,40H,13-14,16-19H2,1H3,(H,39,47)(H,41,45)(H,42,46)/t26-,28-/m0/s1. The van der Waals surface area contributed by atoms with E-state index < -0.39 is 49.4 Å². The molecule has 48 heavy (non-hydrogen) atoms. The van der Waals surface area contributed by atoms with Gasteiger partial charge in [0.15, 0.2) is 0 Å². The summed E-state index contributed by atoms with van der Waals surface area (Å²) in [5.41, 5.74) is 8.50. The molecule has 1 saturated heterocycles. The largest absolute Gasteiger partial charge is 0.449 e. The van der Waals surface area contributed by atoms with Crippen LogP contribution < -0.4 is 21.5 Å². The van der Waals surface area contributed by atoms with E-state index in [1.807, 2.05) is 60.5 Å². The smallest absolute Gasteiger partial charge is 0.407 e. The minimum Gasteiger partial charge on any atom is -0.449 e. The number of hydrazine groups is 1. The van der Waals surface area contributed by atoms with Gasteiger partial charge in [0, 0.05) is 30.1 Å². The number of alkyl carbamates (subject to hydrolysis) is 1. The molecule has 1 aromatic heterocycles. The highest BCUT2D eigenvalue weighted by Crippen LogP contribution is 2.44. The molecule has 3 amide bonds. The molecule has 0 radical (unpaired) electrons. The molecule has 1 fully saturated rings. The highest BCUT2D eigenvalue weighted by Gasteiger charge is 2.33. The van der Waals surface area contributed by atoms with Gasteiger partial charge < -0.3 is 24.8 Å². The fourth-order valence-electron chi connectivity index (χ4n) is 6.40. The van der Waals surface area contributed by atoms with Crippen molar-refractivity contribution in [2.45, 2.75) is 37.3 Å². The van der Waals surface area contributed by atoms with Crippen molar-refractivity contribution in [2.75, 3.05) is 38.6 Å². The Bertz CT molecular complexity index is 1800. The van der Waals surface area contributed by atoms with E-state index in [0.717, 1.165) is 26.8 Å². The topological polar surface area (TPSA) is 117 Å². The molecule has 4 aromatic rings. The average molecular weight is 667 g/mol. The summed E-state index contributed by atoms with van der Waals surface area (Å²) in [6.45, 7) is -1.15. The Balaban J connectivity index is 1.07. The van der Waals surface area contributed by atoms with Gasteiger partial charge in [-0.1, -0.05) is 54.6 Å². The lowest BCUT2D eigenvalue weighted by Crippen LogP contribution is -2.47. The van der Waals surface area contributed by atoms with Crippen LogP contribution >= 0.6 is 0 Å². The van der Waals surface area contributed by atoms with Crippen LogP contribution in [-0.4, -0.2) is 79.1 Å². The van der Waals surface area contributed by atoms with Gasteiger partial charge in [0.1, 0.15) is 31.6 Å². The maximum Gasteiger partial charge on any atom is 0.407 e. The second-order valence-corrected chi connectivity index (χ2v) is 12.0. The summed E-state index contributed by atoms with van der Waals surface area (Å²) in [6, 6.07) is 20.9. The number of piperidine rings is 1. The Morgan fingerprint density at radius 1 is 0.938 bits per heavy atom. The third kappa shape index (κ3) is 7.08. The molecule has 0 unspecified atom stereocenters. The summed E-state index contributed by atoms with van der Waals surface area (Å²) in [7, 11) is 1.81. The predicted octanol–water partition coefficient (Wildman–Crippen LogP) is 4.96. The van der Waals surface area contributed by atoms with Crippen LogP contribution in [0.4, 0.5) is 28.0 Å². The van der Waals surface area contributed by atoms with Gasteiger partial charge in [-0.15, -0.1) is 0 Å². The van der Waals surface area contributed by atoms with Crippen LogP contribution in [0.1, 0.15) is 34.0 Å². The number of nitrogens with one attached hydrogen (secondary N) is 4. The fourth-order valence-corrected chi connectivity index (χ4v) is 6.40. The Morgan fingerprint density at radius 3 is 2.29 bits per heavy atom. The molecular formula is C34H34F4N6O4. The first-order valence-electron chi connectivity index (χ1n) is 15.4. The lowest BCUT2D eigenvalue weighted by molar-refractivity contribution is -0.140. The van der Waals surface area contributed by atoms with E-state index in [0.29, 0.717) is 24.0 Å². The van der Waals surface area contributed by atoms with Gasteiger partial charge in [0.2, 0.25) is 0 Å². The van der Waals surface area contributed by atoms with Gasteiger partial charge in [0.05, 0.1) is 11.6 Å². The number of hydrogen-bond donors (Lipinski definition) is 4. The zero-order chi connectivity index (χ0) is 34.0. The number of anilines is 1.